The Morgan fingerprint density at radius 3 is 2.57 bits per heavy atom. The van der Waals surface area contributed by atoms with E-state index in [1.165, 1.54) is 5.56 Å². The van der Waals surface area contributed by atoms with Gasteiger partial charge in [0.15, 0.2) is 0 Å². The lowest BCUT2D eigenvalue weighted by atomic mass is 10.2. The van der Waals surface area contributed by atoms with Crippen molar-refractivity contribution in [2.45, 2.75) is 20.1 Å². The van der Waals surface area contributed by atoms with Gasteiger partial charge in [-0.05, 0) is 19.1 Å². The smallest absolute Gasteiger partial charge is 0.140 e. The van der Waals surface area contributed by atoms with Crippen molar-refractivity contribution in [3.05, 3.63) is 45.9 Å². The number of halogens is 2. The molecule has 1 saturated heterocycles. The molecule has 1 aliphatic rings. The van der Waals surface area contributed by atoms with Crippen LogP contribution >= 0.6 is 36.2 Å². The van der Waals surface area contributed by atoms with Gasteiger partial charge in [0.25, 0.3) is 0 Å². The Balaban J connectivity index is 0.00000132. The number of ether oxygens (including phenoxy) is 1. The normalized spacial score (nSPS) is 14.7. The predicted octanol–water partition coefficient (Wildman–Crippen LogP) is 3.28. The van der Waals surface area contributed by atoms with Crippen LogP contribution in [0.3, 0.4) is 0 Å². The van der Waals surface area contributed by atoms with Crippen molar-refractivity contribution < 1.29 is 4.74 Å². The molecular weight excluding hydrogens is 353 g/mol. The second-order valence-electron chi connectivity index (χ2n) is 5.36. The van der Waals surface area contributed by atoms with Crippen LogP contribution in [0.1, 0.15) is 16.3 Å². The number of hydrogen-bond acceptors (Lipinski definition) is 5. The van der Waals surface area contributed by atoms with E-state index in [-0.39, 0.29) is 24.8 Å². The zero-order chi connectivity index (χ0) is 14.5. The number of piperazine rings is 1. The average molecular weight is 376 g/mol. The van der Waals surface area contributed by atoms with E-state index in [4.69, 9.17) is 4.74 Å². The number of nitrogens with zero attached hydrogens (tertiary/aromatic N) is 2. The largest absolute Gasteiger partial charge is 0.486 e. The van der Waals surface area contributed by atoms with Gasteiger partial charge in [-0.2, -0.15) is 0 Å². The fourth-order valence-electron chi connectivity index (χ4n) is 2.37. The van der Waals surface area contributed by atoms with Gasteiger partial charge in [0.05, 0.1) is 5.69 Å². The molecule has 2 aromatic rings. The summed E-state index contributed by atoms with van der Waals surface area (Å²) in [6.45, 7) is 7.94. The zero-order valence-corrected chi connectivity index (χ0v) is 15.6. The van der Waals surface area contributed by atoms with Gasteiger partial charge in [-0.3, -0.25) is 4.90 Å². The highest BCUT2D eigenvalue weighted by Gasteiger charge is 2.12. The third-order valence-corrected chi connectivity index (χ3v) is 4.45. The van der Waals surface area contributed by atoms with Crippen LogP contribution in [0.15, 0.2) is 29.6 Å². The quantitative estimate of drug-likeness (QED) is 0.869. The second-order valence-corrected chi connectivity index (χ2v) is 6.30. The molecule has 7 heteroatoms. The first-order valence-corrected chi connectivity index (χ1v) is 8.23. The highest BCUT2D eigenvalue weighted by Crippen LogP contribution is 2.17. The summed E-state index contributed by atoms with van der Waals surface area (Å²) in [5.74, 6) is 0.902. The fourth-order valence-corrected chi connectivity index (χ4v) is 3.06. The van der Waals surface area contributed by atoms with Crippen molar-refractivity contribution in [3.63, 3.8) is 0 Å². The molecule has 1 aromatic carbocycles. The minimum absolute atomic E-state index is 0. The molecule has 0 radical (unpaired) electrons. The Morgan fingerprint density at radius 2 is 1.87 bits per heavy atom. The van der Waals surface area contributed by atoms with E-state index in [9.17, 15) is 0 Å². The van der Waals surface area contributed by atoms with Gasteiger partial charge in [-0.15, -0.1) is 36.2 Å². The molecular formula is C16H23Cl2N3OS. The number of aryl methyl sites for hydroxylation is 1. The molecule has 1 N–H and O–H groups in total. The molecule has 0 aliphatic carbocycles. The highest BCUT2D eigenvalue weighted by atomic mass is 35.5. The van der Waals surface area contributed by atoms with Crippen LogP contribution in [0.5, 0.6) is 5.75 Å². The molecule has 1 fully saturated rings. The minimum atomic E-state index is 0. The van der Waals surface area contributed by atoms with Crippen LogP contribution in [0.25, 0.3) is 0 Å². The Hall–Kier alpha value is -0.850. The summed E-state index contributed by atoms with van der Waals surface area (Å²) in [5, 5.41) is 6.56. The standard InChI is InChI=1S/C16H21N3OS.2ClH/c1-13-2-4-15(5-3-13)20-11-16-18-14(12-21-16)10-19-8-6-17-7-9-19;;/h2-5,12,17H,6-11H2,1H3;2*1H. The van der Waals surface area contributed by atoms with Crippen LogP contribution in [-0.2, 0) is 13.2 Å². The Kier molecular flexibility index (Phi) is 8.87. The molecule has 2 heterocycles. The SMILES string of the molecule is Cc1ccc(OCc2nc(CN3CCNCC3)cs2)cc1.Cl.Cl. The number of nitrogens with one attached hydrogen (secondary N) is 1. The number of hydrogen-bond donors (Lipinski definition) is 1. The van der Waals surface area contributed by atoms with Gasteiger partial charge in [0, 0.05) is 38.1 Å². The van der Waals surface area contributed by atoms with E-state index in [1.807, 2.05) is 12.1 Å². The van der Waals surface area contributed by atoms with Gasteiger partial charge in [0.2, 0.25) is 0 Å². The van der Waals surface area contributed by atoms with Crippen molar-refractivity contribution in [3.8, 4) is 5.75 Å². The predicted molar refractivity (Wildman–Crippen MR) is 100 cm³/mol. The van der Waals surface area contributed by atoms with Gasteiger partial charge in [-0.25, -0.2) is 4.98 Å². The Labute approximate surface area is 154 Å². The molecule has 0 saturated carbocycles. The van der Waals surface area contributed by atoms with Gasteiger partial charge in [0.1, 0.15) is 17.4 Å². The zero-order valence-electron chi connectivity index (χ0n) is 13.2. The lowest BCUT2D eigenvalue weighted by Gasteiger charge is -2.26. The lowest BCUT2D eigenvalue weighted by Crippen LogP contribution is -2.42. The van der Waals surface area contributed by atoms with Crippen molar-refractivity contribution >= 4 is 36.2 Å². The third kappa shape index (κ3) is 6.28. The van der Waals surface area contributed by atoms with Gasteiger partial charge < -0.3 is 10.1 Å². The van der Waals surface area contributed by atoms with Crippen LogP contribution in [0, 0.1) is 6.92 Å². The first-order valence-electron chi connectivity index (χ1n) is 7.35. The molecule has 0 unspecified atom stereocenters. The van der Waals surface area contributed by atoms with E-state index in [0.717, 1.165) is 49.2 Å². The van der Waals surface area contributed by atoms with E-state index in [1.54, 1.807) is 11.3 Å². The third-order valence-electron chi connectivity index (χ3n) is 3.58. The molecule has 3 rings (SSSR count). The van der Waals surface area contributed by atoms with Crippen LogP contribution in [0.2, 0.25) is 0 Å². The summed E-state index contributed by atoms with van der Waals surface area (Å²) in [6.07, 6.45) is 0. The molecule has 128 valence electrons. The van der Waals surface area contributed by atoms with E-state index in [2.05, 4.69) is 39.6 Å². The topological polar surface area (TPSA) is 37.4 Å². The number of thiazole rings is 1. The van der Waals surface area contributed by atoms with Crippen LogP contribution < -0.4 is 10.1 Å². The molecule has 1 aromatic heterocycles. The van der Waals surface area contributed by atoms with Gasteiger partial charge >= 0.3 is 0 Å². The summed E-state index contributed by atoms with van der Waals surface area (Å²) in [4.78, 5) is 7.11. The summed E-state index contributed by atoms with van der Waals surface area (Å²) < 4.78 is 5.77. The Bertz CT molecular complexity index is 571. The van der Waals surface area contributed by atoms with Crippen molar-refractivity contribution in [1.82, 2.24) is 15.2 Å². The lowest BCUT2D eigenvalue weighted by molar-refractivity contribution is 0.230. The first kappa shape index (κ1) is 20.2. The maximum absolute atomic E-state index is 5.77. The van der Waals surface area contributed by atoms with Crippen molar-refractivity contribution in [2.75, 3.05) is 26.2 Å². The summed E-state index contributed by atoms with van der Waals surface area (Å²) in [7, 11) is 0. The molecule has 0 bridgehead atoms. The summed E-state index contributed by atoms with van der Waals surface area (Å²) in [5.41, 5.74) is 2.40. The summed E-state index contributed by atoms with van der Waals surface area (Å²) in [6, 6.07) is 8.13. The van der Waals surface area contributed by atoms with E-state index in [0.29, 0.717) is 6.61 Å². The maximum Gasteiger partial charge on any atom is 0.140 e. The van der Waals surface area contributed by atoms with Crippen LogP contribution in [0.4, 0.5) is 0 Å². The number of rotatable bonds is 5. The first-order chi connectivity index (χ1) is 10.3. The van der Waals surface area contributed by atoms with Crippen molar-refractivity contribution in [2.24, 2.45) is 0 Å². The Morgan fingerprint density at radius 1 is 1.17 bits per heavy atom. The average Bonchev–Trinajstić information content (AvgIpc) is 2.95. The maximum atomic E-state index is 5.77. The monoisotopic (exact) mass is 375 g/mol. The number of benzene rings is 1. The summed E-state index contributed by atoms with van der Waals surface area (Å²) >= 11 is 1.68. The fraction of sp³-hybridized carbons (Fsp3) is 0.438. The van der Waals surface area contributed by atoms with E-state index >= 15 is 0 Å². The molecule has 0 atom stereocenters. The molecule has 0 amide bonds. The molecule has 0 spiro atoms. The van der Waals surface area contributed by atoms with Crippen LogP contribution in [-0.4, -0.2) is 36.1 Å². The van der Waals surface area contributed by atoms with E-state index < -0.39 is 0 Å². The molecule has 1 aliphatic heterocycles. The minimum Gasteiger partial charge on any atom is -0.486 e. The second kappa shape index (κ2) is 10.1. The highest BCUT2D eigenvalue weighted by molar-refractivity contribution is 7.09. The van der Waals surface area contributed by atoms with Crippen molar-refractivity contribution in [1.29, 1.82) is 0 Å². The molecule has 4 nitrogen and oxygen atoms in total. The molecule has 23 heavy (non-hydrogen) atoms. The number of aromatic nitrogens is 1. The van der Waals surface area contributed by atoms with Gasteiger partial charge in [-0.1, -0.05) is 17.7 Å².